The fraction of sp³-hybridized carbons (Fsp3) is 0.214. The van der Waals surface area contributed by atoms with Gasteiger partial charge in [0.25, 0.3) is 0 Å². The minimum atomic E-state index is -0.371. The van der Waals surface area contributed by atoms with Crippen LogP contribution in [0.25, 0.3) is 10.8 Å². The van der Waals surface area contributed by atoms with Gasteiger partial charge < -0.3 is 10.2 Å². The first-order valence-electron chi connectivity index (χ1n) is 6.30. The van der Waals surface area contributed by atoms with Gasteiger partial charge in [0.1, 0.15) is 0 Å². The molecule has 0 spiro atoms. The zero-order valence-corrected chi connectivity index (χ0v) is 12.8. The average molecular weight is 305 g/mol. The summed E-state index contributed by atoms with van der Waals surface area (Å²) in [6.07, 6.45) is 2.71. The number of hydrogen-bond donors (Lipinski definition) is 2. The van der Waals surface area contributed by atoms with Crippen LogP contribution in [0.1, 0.15) is 5.69 Å². The second kappa shape index (κ2) is 6.45. The normalized spacial score (nSPS) is 10.9. The molecule has 7 heteroatoms. The molecule has 2 aromatic rings. The van der Waals surface area contributed by atoms with E-state index in [-0.39, 0.29) is 5.82 Å². The van der Waals surface area contributed by atoms with Crippen molar-refractivity contribution in [2.45, 2.75) is 0 Å². The van der Waals surface area contributed by atoms with Crippen LogP contribution in [0.2, 0.25) is 0 Å². The largest absolute Gasteiger partial charge is 0.388 e. The summed E-state index contributed by atoms with van der Waals surface area (Å²) < 4.78 is 14.0. The summed E-state index contributed by atoms with van der Waals surface area (Å²) in [5.74, 6) is -0.371. The highest BCUT2D eigenvalue weighted by Crippen LogP contribution is 2.26. The quantitative estimate of drug-likeness (QED) is 0.517. The number of rotatable bonds is 3. The predicted octanol–water partition coefficient (Wildman–Crippen LogP) is 2.19. The minimum absolute atomic E-state index is 0.371. The summed E-state index contributed by atoms with van der Waals surface area (Å²) in [5.41, 5.74) is 3.99. The number of pyridine rings is 1. The number of fused-ring (bicyclic) bond motifs is 1. The first kappa shape index (κ1) is 15.1. The maximum absolute atomic E-state index is 14.0. The molecule has 2 N–H and O–H groups in total. The lowest BCUT2D eigenvalue weighted by molar-refractivity contribution is 0.606. The molecule has 0 saturated carbocycles. The van der Waals surface area contributed by atoms with Crippen LogP contribution in [-0.4, -0.2) is 42.4 Å². The van der Waals surface area contributed by atoms with Crippen LogP contribution in [0.5, 0.6) is 0 Å². The molecule has 0 amide bonds. The molecule has 0 radical (unpaired) electrons. The maximum Gasteiger partial charge on any atom is 0.189 e. The molecule has 1 aromatic carbocycles. The Labute approximate surface area is 127 Å². The topological polar surface area (TPSA) is 52.6 Å². The zero-order chi connectivity index (χ0) is 15.4. The number of nitrogens with one attached hydrogen (secondary N) is 2. The molecular formula is C14H16FN5S. The second-order valence-corrected chi connectivity index (χ2v) is 4.93. The SMILES string of the molecule is CNc1cccc2c(C=NNC(=S)N(C)C)ncc(F)c12. The molecule has 0 aliphatic carbocycles. The van der Waals surface area contributed by atoms with Crippen molar-refractivity contribution in [3.05, 3.63) is 35.9 Å². The van der Waals surface area contributed by atoms with Crippen molar-refractivity contribution in [1.82, 2.24) is 15.3 Å². The van der Waals surface area contributed by atoms with E-state index in [2.05, 4.69) is 20.8 Å². The molecule has 2 rings (SSSR count). The first-order chi connectivity index (χ1) is 10.0. The van der Waals surface area contributed by atoms with E-state index in [9.17, 15) is 4.39 Å². The van der Waals surface area contributed by atoms with E-state index >= 15 is 0 Å². The summed E-state index contributed by atoms with van der Waals surface area (Å²) in [6.45, 7) is 0. The lowest BCUT2D eigenvalue weighted by Crippen LogP contribution is -2.30. The number of benzene rings is 1. The highest BCUT2D eigenvalue weighted by Gasteiger charge is 2.09. The number of aromatic nitrogens is 1. The van der Waals surface area contributed by atoms with Crippen molar-refractivity contribution in [3.8, 4) is 0 Å². The summed E-state index contributed by atoms with van der Waals surface area (Å²) >= 11 is 5.06. The van der Waals surface area contributed by atoms with Gasteiger partial charge in [-0.2, -0.15) is 5.10 Å². The van der Waals surface area contributed by atoms with Gasteiger partial charge in [-0.05, 0) is 18.3 Å². The molecule has 5 nitrogen and oxygen atoms in total. The Bertz CT molecular complexity index is 699. The monoisotopic (exact) mass is 305 g/mol. The summed E-state index contributed by atoms with van der Waals surface area (Å²) in [4.78, 5) is 5.80. The van der Waals surface area contributed by atoms with Gasteiger partial charge in [0.05, 0.1) is 18.1 Å². The summed E-state index contributed by atoms with van der Waals surface area (Å²) in [7, 11) is 5.38. The molecular weight excluding hydrogens is 289 g/mol. The molecule has 0 bridgehead atoms. The van der Waals surface area contributed by atoms with Crippen molar-refractivity contribution in [3.63, 3.8) is 0 Å². The van der Waals surface area contributed by atoms with Crippen molar-refractivity contribution in [2.24, 2.45) is 5.10 Å². The molecule has 0 fully saturated rings. The molecule has 0 unspecified atom stereocenters. The van der Waals surface area contributed by atoms with Gasteiger partial charge in [0.15, 0.2) is 10.9 Å². The van der Waals surface area contributed by atoms with Gasteiger partial charge in [-0.3, -0.25) is 10.4 Å². The Kier molecular flexibility index (Phi) is 4.64. The van der Waals surface area contributed by atoms with Crippen molar-refractivity contribution in [2.75, 3.05) is 26.5 Å². The number of nitrogens with zero attached hydrogens (tertiary/aromatic N) is 3. The summed E-state index contributed by atoms with van der Waals surface area (Å²) in [6, 6.07) is 5.45. The van der Waals surface area contributed by atoms with Crippen molar-refractivity contribution < 1.29 is 4.39 Å². The van der Waals surface area contributed by atoms with E-state index in [1.165, 1.54) is 12.4 Å². The standard InChI is InChI=1S/C14H16FN5S/c1-16-11-6-4-5-9-12(17-7-10(15)13(9)11)8-18-19-14(21)20(2)3/h4-8,16H,1-3H3,(H,19,21). The van der Waals surface area contributed by atoms with Crippen LogP contribution in [0, 0.1) is 5.82 Å². The summed E-state index contributed by atoms with van der Waals surface area (Å²) in [5, 5.41) is 8.66. The van der Waals surface area contributed by atoms with Crippen molar-refractivity contribution >= 4 is 40.0 Å². The third-order valence-electron chi connectivity index (χ3n) is 2.92. The molecule has 0 aliphatic heterocycles. The van der Waals surface area contributed by atoms with E-state index in [1.807, 2.05) is 26.2 Å². The smallest absolute Gasteiger partial charge is 0.189 e. The van der Waals surface area contributed by atoms with Crippen LogP contribution in [0.15, 0.2) is 29.5 Å². The Hall–Kier alpha value is -2.28. The van der Waals surface area contributed by atoms with Crippen LogP contribution >= 0.6 is 12.2 Å². The lowest BCUT2D eigenvalue weighted by atomic mass is 10.1. The predicted molar refractivity (Wildman–Crippen MR) is 88.3 cm³/mol. The Morgan fingerprint density at radius 1 is 1.43 bits per heavy atom. The van der Waals surface area contributed by atoms with Gasteiger partial charge in [0.2, 0.25) is 0 Å². The van der Waals surface area contributed by atoms with E-state index in [0.29, 0.717) is 27.3 Å². The molecule has 1 heterocycles. The van der Waals surface area contributed by atoms with Gasteiger partial charge in [-0.1, -0.05) is 12.1 Å². The number of hydrazone groups is 1. The maximum atomic E-state index is 14.0. The Morgan fingerprint density at radius 2 is 2.19 bits per heavy atom. The van der Waals surface area contributed by atoms with Crippen molar-refractivity contribution in [1.29, 1.82) is 0 Å². The van der Waals surface area contributed by atoms with Gasteiger partial charge in [-0.25, -0.2) is 4.39 Å². The molecule has 0 saturated heterocycles. The second-order valence-electron chi connectivity index (χ2n) is 4.54. The molecule has 0 aliphatic rings. The minimum Gasteiger partial charge on any atom is -0.388 e. The van der Waals surface area contributed by atoms with Crippen LogP contribution in [-0.2, 0) is 0 Å². The number of halogens is 1. The first-order valence-corrected chi connectivity index (χ1v) is 6.70. The van der Waals surface area contributed by atoms with E-state index in [4.69, 9.17) is 12.2 Å². The lowest BCUT2D eigenvalue weighted by Gasteiger charge is -2.11. The van der Waals surface area contributed by atoms with Crippen LogP contribution < -0.4 is 10.7 Å². The van der Waals surface area contributed by atoms with E-state index < -0.39 is 0 Å². The van der Waals surface area contributed by atoms with E-state index in [1.54, 1.807) is 18.0 Å². The fourth-order valence-electron chi connectivity index (χ4n) is 1.84. The molecule has 0 atom stereocenters. The van der Waals surface area contributed by atoms with Gasteiger partial charge in [-0.15, -0.1) is 0 Å². The fourth-order valence-corrected chi connectivity index (χ4v) is 1.90. The van der Waals surface area contributed by atoms with Gasteiger partial charge in [0, 0.05) is 37.6 Å². The Balaban J connectivity index is 2.40. The third-order valence-corrected chi connectivity index (χ3v) is 3.38. The highest BCUT2D eigenvalue weighted by molar-refractivity contribution is 7.80. The highest BCUT2D eigenvalue weighted by atomic mass is 32.1. The van der Waals surface area contributed by atoms with E-state index in [0.717, 1.165) is 0 Å². The third kappa shape index (κ3) is 3.25. The number of thiocarbonyl (C=S) groups is 1. The number of hydrogen-bond acceptors (Lipinski definition) is 4. The molecule has 110 valence electrons. The zero-order valence-electron chi connectivity index (χ0n) is 12.0. The molecule has 21 heavy (non-hydrogen) atoms. The molecule has 1 aromatic heterocycles. The van der Waals surface area contributed by atoms with Crippen LogP contribution in [0.3, 0.4) is 0 Å². The van der Waals surface area contributed by atoms with Crippen LogP contribution in [0.4, 0.5) is 10.1 Å². The Morgan fingerprint density at radius 3 is 2.86 bits per heavy atom. The van der Waals surface area contributed by atoms with Gasteiger partial charge >= 0.3 is 0 Å². The number of anilines is 1. The average Bonchev–Trinajstić information content (AvgIpc) is 2.48.